The lowest BCUT2D eigenvalue weighted by Crippen LogP contribution is -2.40. The number of piperidine rings is 1. The molecule has 0 aliphatic carbocycles. The van der Waals surface area contributed by atoms with E-state index in [2.05, 4.69) is 46.3 Å². The molecule has 25 heavy (non-hydrogen) atoms. The van der Waals surface area contributed by atoms with Gasteiger partial charge in [-0.2, -0.15) is 10.2 Å². The number of aromatic nitrogens is 4. The lowest BCUT2D eigenvalue weighted by molar-refractivity contribution is -0.117. The zero-order valence-electron chi connectivity index (χ0n) is 15.5. The topological polar surface area (TPSA) is 78.8 Å². The maximum atomic E-state index is 12.5. The van der Waals surface area contributed by atoms with Crippen LogP contribution in [0.2, 0.25) is 0 Å². The van der Waals surface area contributed by atoms with E-state index < -0.39 is 0 Å². The van der Waals surface area contributed by atoms with Gasteiger partial charge in [0.25, 0.3) is 0 Å². The Balaban J connectivity index is 1.61. The Kier molecular flexibility index (Phi) is 4.94. The molecular formula is C18H28N6O. The maximum absolute atomic E-state index is 12.5. The minimum absolute atomic E-state index is 0.00987. The van der Waals surface area contributed by atoms with E-state index >= 15 is 0 Å². The first kappa shape index (κ1) is 17.7. The highest BCUT2D eigenvalue weighted by Gasteiger charge is 2.25. The SMILES string of the molecule is Cc1cc(NC(=O)CN2CCC[C@@H](c3ccn[nH]3)C2)n(C(C)(C)C)n1. The number of nitrogens with zero attached hydrogens (tertiary/aromatic N) is 4. The van der Waals surface area contributed by atoms with Crippen molar-refractivity contribution in [3.8, 4) is 0 Å². The van der Waals surface area contributed by atoms with Gasteiger partial charge in [-0.25, -0.2) is 4.68 Å². The first-order valence-electron chi connectivity index (χ1n) is 8.91. The van der Waals surface area contributed by atoms with E-state index in [0.29, 0.717) is 12.5 Å². The third-order valence-corrected chi connectivity index (χ3v) is 4.57. The van der Waals surface area contributed by atoms with Crippen molar-refractivity contribution in [3.05, 3.63) is 29.7 Å². The van der Waals surface area contributed by atoms with Crippen LogP contribution in [0, 0.1) is 6.92 Å². The van der Waals surface area contributed by atoms with Crippen molar-refractivity contribution in [1.29, 1.82) is 0 Å². The standard InChI is InChI=1S/C18H28N6O/c1-13-10-16(24(22-13)18(2,3)4)20-17(25)12-23-9-5-6-14(11-23)15-7-8-19-21-15/h7-8,10,14H,5-6,9,11-12H2,1-4H3,(H,19,21)(H,20,25)/t14-/m1/s1. The van der Waals surface area contributed by atoms with Crippen LogP contribution in [0.4, 0.5) is 5.82 Å². The molecular weight excluding hydrogens is 316 g/mol. The van der Waals surface area contributed by atoms with Gasteiger partial charge in [-0.1, -0.05) is 0 Å². The molecule has 0 bridgehead atoms. The van der Waals surface area contributed by atoms with Crippen LogP contribution in [-0.2, 0) is 10.3 Å². The van der Waals surface area contributed by atoms with Gasteiger partial charge < -0.3 is 5.32 Å². The Hall–Kier alpha value is -2.15. The first-order chi connectivity index (χ1) is 11.8. The maximum Gasteiger partial charge on any atom is 0.239 e. The molecule has 0 radical (unpaired) electrons. The van der Waals surface area contributed by atoms with E-state index in [1.54, 1.807) is 6.20 Å². The average Bonchev–Trinajstić information content (AvgIpc) is 3.16. The number of amides is 1. The monoisotopic (exact) mass is 344 g/mol. The van der Waals surface area contributed by atoms with Crippen molar-refractivity contribution in [3.63, 3.8) is 0 Å². The normalized spacial score (nSPS) is 19.1. The fraction of sp³-hybridized carbons (Fsp3) is 0.611. The number of rotatable bonds is 4. The molecule has 3 heterocycles. The van der Waals surface area contributed by atoms with Crippen LogP contribution in [0.15, 0.2) is 18.3 Å². The summed E-state index contributed by atoms with van der Waals surface area (Å²) < 4.78 is 1.88. The van der Waals surface area contributed by atoms with Crippen molar-refractivity contribution in [2.24, 2.45) is 0 Å². The zero-order chi connectivity index (χ0) is 18.0. The van der Waals surface area contributed by atoms with E-state index in [1.165, 1.54) is 0 Å². The van der Waals surface area contributed by atoms with Gasteiger partial charge in [0.1, 0.15) is 5.82 Å². The Bertz CT molecular complexity index is 713. The van der Waals surface area contributed by atoms with Gasteiger partial charge in [-0.05, 0) is 53.1 Å². The largest absolute Gasteiger partial charge is 0.310 e. The molecule has 0 saturated carbocycles. The van der Waals surface area contributed by atoms with Crippen LogP contribution in [0.5, 0.6) is 0 Å². The van der Waals surface area contributed by atoms with Crippen LogP contribution in [0.1, 0.15) is 50.9 Å². The molecule has 136 valence electrons. The molecule has 2 N–H and O–H groups in total. The molecule has 1 aliphatic heterocycles. The number of hydrogen-bond acceptors (Lipinski definition) is 4. The number of aryl methyl sites for hydroxylation is 1. The van der Waals surface area contributed by atoms with Gasteiger partial charge in [0, 0.05) is 30.4 Å². The van der Waals surface area contributed by atoms with Crippen molar-refractivity contribution < 1.29 is 4.79 Å². The van der Waals surface area contributed by atoms with Gasteiger partial charge in [0.15, 0.2) is 0 Å². The summed E-state index contributed by atoms with van der Waals surface area (Å²) in [5.41, 5.74) is 1.89. The molecule has 1 aliphatic rings. The summed E-state index contributed by atoms with van der Waals surface area (Å²) >= 11 is 0. The smallest absolute Gasteiger partial charge is 0.239 e. The Morgan fingerprint density at radius 3 is 2.92 bits per heavy atom. The fourth-order valence-electron chi connectivity index (χ4n) is 3.43. The van der Waals surface area contributed by atoms with E-state index in [-0.39, 0.29) is 11.4 Å². The molecule has 1 fully saturated rings. The molecule has 0 aromatic carbocycles. The number of carbonyl (C=O) groups is 1. The molecule has 0 unspecified atom stereocenters. The quantitative estimate of drug-likeness (QED) is 0.893. The number of aromatic amines is 1. The molecule has 1 atom stereocenters. The minimum Gasteiger partial charge on any atom is -0.310 e. The Labute approximate surface area is 148 Å². The van der Waals surface area contributed by atoms with Gasteiger partial charge in [-0.15, -0.1) is 0 Å². The predicted molar refractivity (Wildman–Crippen MR) is 97.6 cm³/mol. The summed E-state index contributed by atoms with van der Waals surface area (Å²) in [6.45, 7) is 10.4. The molecule has 3 rings (SSSR count). The summed E-state index contributed by atoms with van der Waals surface area (Å²) in [6.07, 6.45) is 4.02. The van der Waals surface area contributed by atoms with Crippen LogP contribution in [0.3, 0.4) is 0 Å². The van der Waals surface area contributed by atoms with E-state index in [4.69, 9.17) is 0 Å². The Morgan fingerprint density at radius 1 is 1.44 bits per heavy atom. The molecule has 2 aromatic rings. The third kappa shape index (κ3) is 4.28. The number of hydrogen-bond donors (Lipinski definition) is 2. The van der Waals surface area contributed by atoms with Crippen molar-refractivity contribution in [1.82, 2.24) is 24.9 Å². The molecule has 1 amide bonds. The summed E-state index contributed by atoms with van der Waals surface area (Å²) in [5, 5.41) is 14.6. The highest BCUT2D eigenvalue weighted by Crippen LogP contribution is 2.25. The number of likely N-dealkylation sites (tertiary alicyclic amines) is 1. The van der Waals surface area contributed by atoms with Gasteiger partial charge in [-0.3, -0.25) is 14.8 Å². The van der Waals surface area contributed by atoms with Gasteiger partial charge in [0.2, 0.25) is 5.91 Å². The number of carbonyl (C=O) groups excluding carboxylic acids is 1. The van der Waals surface area contributed by atoms with Crippen LogP contribution < -0.4 is 5.32 Å². The third-order valence-electron chi connectivity index (χ3n) is 4.57. The van der Waals surface area contributed by atoms with Gasteiger partial charge >= 0.3 is 0 Å². The summed E-state index contributed by atoms with van der Waals surface area (Å²) in [5.74, 6) is 1.19. The number of nitrogens with one attached hydrogen (secondary N) is 2. The van der Waals surface area contributed by atoms with Gasteiger partial charge in [0.05, 0.1) is 17.8 Å². The first-order valence-corrected chi connectivity index (χ1v) is 8.91. The van der Waals surface area contributed by atoms with E-state index in [0.717, 1.165) is 43.1 Å². The minimum atomic E-state index is -0.173. The number of anilines is 1. The molecule has 0 spiro atoms. The second-order valence-corrected chi connectivity index (χ2v) is 7.89. The molecule has 7 nitrogen and oxygen atoms in total. The lowest BCUT2D eigenvalue weighted by Gasteiger charge is -2.31. The highest BCUT2D eigenvalue weighted by molar-refractivity contribution is 5.91. The van der Waals surface area contributed by atoms with E-state index in [9.17, 15) is 4.79 Å². The second kappa shape index (κ2) is 7.00. The van der Waals surface area contributed by atoms with Crippen LogP contribution in [-0.4, -0.2) is 50.4 Å². The van der Waals surface area contributed by atoms with E-state index in [1.807, 2.05) is 23.7 Å². The van der Waals surface area contributed by atoms with Crippen LogP contribution >= 0.6 is 0 Å². The second-order valence-electron chi connectivity index (χ2n) is 7.89. The molecule has 2 aromatic heterocycles. The van der Waals surface area contributed by atoms with Crippen molar-refractivity contribution in [2.45, 2.75) is 52.0 Å². The highest BCUT2D eigenvalue weighted by atomic mass is 16.2. The predicted octanol–water partition coefficient (Wildman–Crippen LogP) is 2.49. The summed E-state index contributed by atoms with van der Waals surface area (Å²) in [4.78, 5) is 14.8. The fourth-order valence-corrected chi connectivity index (χ4v) is 3.43. The average molecular weight is 344 g/mol. The summed E-state index contributed by atoms with van der Waals surface area (Å²) in [6, 6.07) is 3.95. The molecule has 1 saturated heterocycles. The Morgan fingerprint density at radius 2 is 2.24 bits per heavy atom. The zero-order valence-corrected chi connectivity index (χ0v) is 15.5. The number of H-pyrrole nitrogens is 1. The molecule has 7 heteroatoms. The summed E-state index contributed by atoms with van der Waals surface area (Å²) in [7, 11) is 0. The van der Waals surface area contributed by atoms with Crippen molar-refractivity contribution in [2.75, 3.05) is 25.0 Å². The lowest BCUT2D eigenvalue weighted by atomic mass is 9.95. The van der Waals surface area contributed by atoms with Crippen LogP contribution in [0.25, 0.3) is 0 Å². The van der Waals surface area contributed by atoms with Crippen molar-refractivity contribution >= 4 is 11.7 Å².